The largest absolute Gasteiger partial charge is 0.329 e. The topological polar surface area (TPSA) is 55.3 Å². The van der Waals surface area contributed by atoms with Crippen LogP contribution in [0.3, 0.4) is 0 Å². The standard InChI is InChI=1S/C3H9N.C2H8N2/c1-4(2)3;3-1-2-4/h1-3H3;1-4H2. The Morgan fingerprint density at radius 3 is 1.12 bits per heavy atom. The van der Waals surface area contributed by atoms with E-state index in [0.717, 1.165) is 0 Å². The summed E-state index contributed by atoms with van der Waals surface area (Å²) in [7, 11) is 6.00. The highest BCUT2D eigenvalue weighted by molar-refractivity contribution is 4.26. The summed E-state index contributed by atoms with van der Waals surface area (Å²) in [5, 5.41) is 0. The predicted octanol–water partition coefficient (Wildman–Crippen LogP) is -0.918. The summed E-state index contributed by atoms with van der Waals surface area (Å²) in [5.74, 6) is 0. The van der Waals surface area contributed by atoms with E-state index in [9.17, 15) is 0 Å². The average molecular weight is 119 g/mol. The lowest BCUT2D eigenvalue weighted by molar-refractivity contribution is 0.505. The first-order chi connectivity index (χ1) is 3.65. The first-order valence-electron chi connectivity index (χ1n) is 2.66. The summed E-state index contributed by atoms with van der Waals surface area (Å²) in [6, 6.07) is 0. The molecular weight excluding hydrogens is 102 g/mol. The zero-order valence-electron chi connectivity index (χ0n) is 6.02. The first kappa shape index (κ1) is 10.8. The van der Waals surface area contributed by atoms with Gasteiger partial charge in [-0.05, 0) is 21.1 Å². The van der Waals surface area contributed by atoms with Crippen molar-refractivity contribution >= 4 is 0 Å². The SMILES string of the molecule is CN(C)C.NCCN. The van der Waals surface area contributed by atoms with Gasteiger partial charge in [0.15, 0.2) is 0 Å². The van der Waals surface area contributed by atoms with Crippen LogP contribution in [0.4, 0.5) is 0 Å². The van der Waals surface area contributed by atoms with E-state index in [1.54, 1.807) is 0 Å². The fraction of sp³-hybridized carbons (Fsp3) is 1.00. The molecule has 0 aromatic rings. The minimum Gasteiger partial charge on any atom is -0.329 e. The molecule has 0 aliphatic rings. The summed E-state index contributed by atoms with van der Waals surface area (Å²) in [4.78, 5) is 2.00. The summed E-state index contributed by atoms with van der Waals surface area (Å²) in [6.45, 7) is 1.19. The van der Waals surface area contributed by atoms with Gasteiger partial charge in [0.2, 0.25) is 0 Å². The molecule has 0 radical (unpaired) electrons. The first-order valence-corrected chi connectivity index (χ1v) is 2.66. The van der Waals surface area contributed by atoms with Crippen molar-refractivity contribution in [1.29, 1.82) is 0 Å². The molecule has 0 rings (SSSR count). The molecule has 0 aliphatic heterocycles. The Labute approximate surface area is 51.6 Å². The van der Waals surface area contributed by atoms with Crippen LogP contribution in [-0.4, -0.2) is 39.1 Å². The van der Waals surface area contributed by atoms with Crippen molar-refractivity contribution in [3.05, 3.63) is 0 Å². The molecule has 0 unspecified atom stereocenters. The van der Waals surface area contributed by atoms with E-state index in [0.29, 0.717) is 13.1 Å². The third-order valence-electron chi connectivity index (χ3n) is 0.167. The number of hydrogen-bond acceptors (Lipinski definition) is 3. The van der Waals surface area contributed by atoms with Gasteiger partial charge in [0, 0.05) is 13.1 Å². The maximum absolute atomic E-state index is 4.90. The summed E-state index contributed by atoms with van der Waals surface area (Å²) in [6.07, 6.45) is 0. The lowest BCUT2D eigenvalue weighted by Crippen LogP contribution is -2.11. The van der Waals surface area contributed by atoms with Crippen molar-refractivity contribution in [2.75, 3.05) is 34.2 Å². The Balaban J connectivity index is 0. The lowest BCUT2D eigenvalue weighted by Gasteiger charge is -1.90. The maximum Gasteiger partial charge on any atom is 0.00461 e. The molecule has 0 aliphatic carbocycles. The minimum atomic E-state index is 0.597. The molecule has 0 amide bonds. The van der Waals surface area contributed by atoms with Gasteiger partial charge in [-0.1, -0.05) is 0 Å². The van der Waals surface area contributed by atoms with Gasteiger partial charge in [-0.25, -0.2) is 0 Å². The van der Waals surface area contributed by atoms with Crippen molar-refractivity contribution in [1.82, 2.24) is 4.90 Å². The van der Waals surface area contributed by atoms with E-state index in [2.05, 4.69) is 0 Å². The second-order valence-electron chi connectivity index (χ2n) is 1.92. The van der Waals surface area contributed by atoms with E-state index >= 15 is 0 Å². The van der Waals surface area contributed by atoms with Gasteiger partial charge >= 0.3 is 0 Å². The third kappa shape index (κ3) is 181. The second kappa shape index (κ2) is 9.99. The van der Waals surface area contributed by atoms with Gasteiger partial charge < -0.3 is 16.4 Å². The van der Waals surface area contributed by atoms with Crippen molar-refractivity contribution in [3.63, 3.8) is 0 Å². The van der Waals surface area contributed by atoms with E-state index < -0.39 is 0 Å². The highest BCUT2D eigenvalue weighted by atomic mass is 15.0. The Kier molecular flexibility index (Phi) is 13.5. The molecule has 0 saturated heterocycles. The van der Waals surface area contributed by atoms with Crippen molar-refractivity contribution in [2.24, 2.45) is 11.5 Å². The molecule has 0 heterocycles. The van der Waals surface area contributed by atoms with Crippen LogP contribution in [0.1, 0.15) is 0 Å². The monoisotopic (exact) mass is 119 g/mol. The van der Waals surface area contributed by atoms with Gasteiger partial charge in [0.1, 0.15) is 0 Å². The summed E-state index contributed by atoms with van der Waals surface area (Å²) >= 11 is 0. The lowest BCUT2D eigenvalue weighted by atomic mass is 10.7. The van der Waals surface area contributed by atoms with Crippen molar-refractivity contribution in [2.45, 2.75) is 0 Å². The normalized spacial score (nSPS) is 8.25. The maximum atomic E-state index is 4.90. The van der Waals surface area contributed by atoms with E-state index in [1.165, 1.54) is 0 Å². The molecule has 4 N–H and O–H groups in total. The van der Waals surface area contributed by atoms with Gasteiger partial charge in [-0.3, -0.25) is 0 Å². The van der Waals surface area contributed by atoms with E-state index in [-0.39, 0.29) is 0 Å². The molecule has 3 nitrogen and oxygen atoms in total. The molecule has 0 saturated carbocycles. The van der Waals surface area contributed by atoms with Crippen LogP contribution in [0.15, 0.2) is 0 Å². The fourth-order valence-corrected chi connectivity index (χ4v) is 0. The highest BCUT2D eigenvalue weighted by Gasteiger charge is 1.58. The van der Waals surface area contributed by atoms with Crippen LogP contribution in [0.5, 0.6) is 0 Å². The Bertz CT molecular complexity index is 24.1. The molecule has 8 heavy (non-hydrogen) atoms. The molecule has 0 fully saturated rings. The summed E-state index contributed by atoms with van der Waals surface area (Å²) in [5.41, 5.74) is 9.81. The number of nitrogens with two attached hydrogens (primary N) is 2. The molecule has 0 spiro atoms. The molecular formula is C5H17N3. The van der Waals surface area contributed by atoms with Gasteiger partial charge in [0.25, 0.3) is 0 Å². The average Bonchev–Trinajstić information content (AvgIpc) is 1.65. The van der Waals surface area contributed by atoms with Gasteiger partial charge in [-0.2, -0.15) is 0 Å². The molecule has 52 valence electrons. The van der Waals surface area contributed by atoms with Crippen molar-refractivity contribution in [3.8, 4) is 0 Å². The molecule has 0 bridgehead atoms. The van der Waals surface area contributed by atoms with Crippen molar-refractivity contribution < 1.29 is 0 Å². The van der Waals surface area contributed by atoms with Crippen LogP contribution < -0.4 is 11.5 Å². The van der Waals surface area contributed by atoms with Gasteiger partial charge in [0.05, 0.1) is 0 Å². The van der Waals surface area contributed by atoms with Gasteiger partial charge in [-0.15, -0.1) is 0 Å². The van der Waals surface area contributed by atoms with Crippen LogP contribution in [0.25, 0.3) is 0 Å². The van der Waals surface area contributed by atoms with Crippen LogP contribution in [0, 0.1) is 0 Å². The fourth-order valence-electron chi connectivity index (χ4n) is 0. The second-order valence-corrected chi connectivity index (χ2v) is 1.92. The van der Waals surface area contributed by atoms with E-state index in [4.69, 9.17) is 11.5 Å². The highest BCUT2D eigenvalue weighted by Crippen LogP contribution is 1.47. The molecule has 0 aromatic carbocycles. The Hall–Kier alpha value is -0.120. The number of hydrogen-bond donors (Lipinski definition) is 2. The quantitative estimate of drug-likeness (QED) is 0.469. The third-order valence-corrected chi connectivity index (χ3v) is 0.167. The molecule has 3 heteroatoms. The Morgan fingerprint density at radius 1 is 1.00 bits per heavy atom. The van der Waals surface area contributed by atoms with E-state index in [1.807, 2.05) is 26.0 Å². The van der Waals surface area contributed by atoms with Crippen LogP contribution in [0.2, 0.25) is 0 Å². The van der Waals surface area contributed by atoms with Crippen LogP contribution in [-0.2, 0) is 0 Å². The smallest absolute Gasteiger partial charge is 0.00461 e. The zero-order valence-corrected chi connectivity index (χ0v) is 6.02. The Morgan fingerprint density at radius 2 is 1.12 bits per heavy atom. The number of rotatable bonds is 1. The zero-order chi connectivity index (χ0) is 6.99. The predicted molar refractivity (Wildman–Crippen MR) is 37.7 cm³/mol. The minimum absolute atomic E-state index is 0.597. The number of nitrogens with zero attached hydrogens (tertiary/aromatic N) is 1. The molecule has 0 aromatic heterocycles. The van der Waals surface area contributed by atoms with Crippen LogP contribution >= 0.6 is 0 Å². The summed E-state index contributed by atoms with van der Waals surface area (Å²) < 4.78 is 0. The molecule has 0 atom stereocenters.